The van der Waals surface area contributed by atoms with Crippen LogP contribution in [0.15, 0.2) is 0 Å². The van der Waals surface area contributed by atoms with Crippen molar-refractivity contribution >= 4 is 5.91 Å². The first-order valence-electron chi connectivity index (χ1n) is 6.70. The Hall–Kier alpha value is -0.650. The zero-order valence-corrected chi connectivity index (χ0v) is 11.3. The van der Waals surface area contributed by atoms with Crippen LogP contribution in [0, 0.1) is 5.92 Å². The van der Waals surface area contributed by atoms with Gasteiger partial charge in [0.1, 0.15) is 12.2 Å². The van der Waals surface area contributed by atoms with E-state index in [0.29, 0.717) is 25.6 Å². The minimum Gasteiger partial charge on any atom is -0.385 e. The van der Waals surface area contributed by atoms with Crippen LogP contribution in [0.1, 0.15) is 19.8 Å². The summed E-state index contributed by atoms with van der Waals surface area (Å²) < 4.78 is 16.2. The molecule has 0 aromatic carbocycles. The molecule has 2 heterocycles. The first kappa shape index (κ1) is 13.8. The van der Waals surface area contributed by atoms with E-state index in [1.807, 2.05) is 11.8 Å². The molecule has 0 saturated carbocycles. The number of rotatable bonds is 6. The van der Waals surface area contributed by atoms with Gasteiger partial charge in [0.15, 0.2) is 0 Å². The third-order valence-corrected chi connectivity index (χ3v) is 3.97. The van der Waals surface area contributed by atoms with E-state index in [1.54, 1.807) is 7.11 Å². The maximum absolute atomic E-state index is 11.8. The number of ether oxygens (including phenoxy) is 3. The minimum atomic E-state index is -0.0968. The maximum Gasteiger partial charge on any atom is 0.248 e. The highest BCUT2D eigenvalue weighted by molar-refractivity contribution is 5.78. The second-order valence-electron chi connectivity index (χ2n) is 5.07. The number of carbonyl (C=O) groups is 1. The van der Waals surface area contributed by atoms with Crippen LogP contribution < -0.4 is 0 Å². The lowest BCUT2D eigenvalue weighted by Crippen LogP contribution is -2.66. The Morgan fingerprint density at radius 3 is 2.94 bits per heavy atom. The van der Waals surface area contributed by atoms with Crippen molar-refractivity contribution in [2.24, 2.45) is 5.92 Å². The smallest absolute Gasteiger partial charge is 0.248 e. The summed E-state index contributed by atoms with van der Waals surface area (Å²) in [5.74, 6) is 0.595. The largest absolute Gasteiger partial charge is 0.385 e. The van der Waals surface area contributed by atoms with E-state index in [2.05, 4.69) is 0 Å². The quantitative estimate of drug-likeness (QED) is 0.702. The molecule has 2 fully saturated rings. The Morgan fingerprint density at radius 1 is 1.50 bits per heavy atom. The average Bonchev–Trinajstić information content (AvgIpc) is 2.75. The highest BCUT2D eigenvalue weighted by Crippen LogP contribution is 2.41. The van der Waals surface area contributed by atoms with Gasteiger partial charge in [0.2, 0.25) is 5.91 Å². The molecule has 2 saturated heterocycles. The summed E-state index contributed by atoms with van der Waals surface area (Å²) in [4.78, 5) is 13.6. The summed E-state index contributed by atoms with van der Waals surface area (Å²) in [5, 5.41) is 0. The average molecular weight is 257 g/mol. The van der Waals surface area contributed by atoms with Gasteiger partial charge in [-0.2, -0.15) is 0 Å². The number of methoxy groups -OCH3 is 1. The second kappa shape index (κ2) is 5.99. The molecule has 0 bridgehead atoms. The van der Waals surface area contributed by atoms with Crippen LogP contribution in [-0.2, 0) is 19.0 Å². The van der Waals surface area contributed by atoms with Crippen LogP contribution in [0.2, 0.25) is 0 Å². The van der Waals surface area contributed by atoms with Crippen molar-refractivity contribution in [3.05, 3.63) is 0 Å². The van der Waals surface area contributed by atoms with Gasteiger partial charge >= 0.3 is 0 Å². The summed E-state index contributed by atoms with van der Waals surface area (Å²) >= 11 is 0. The van der Waals surface area contributed by atoms with E-state index in [1.165, 1.54) is 0 Å². The van der Waals surface area contributed by atoms with Crippen molar-refractivity contribution in [2.45, 2.75) is 25.4 Å². The molecular formula is C13H23NO4. The third-order valence-electron chi connectivity index (χ3n) is 3.97. The Bertz CT molecular complexity index is 289. The molecule has 0 radical (unpaired) electrons. The Balaban J connectivity index is 1.80. The predicted octanol–water partition coefficient (Wildman–Crippen LogP) is 0.677. The summed E-state index contributed by atoms with van der Waals surface area (Å²) in [6, 6.07) is 0. The lowest BCUT2D eigenvalue weighted by molar-refractivity contribution is -0.169. The van der Waals surface area contributed by atoms with E-state index < -0.39 is 0 Å². The van der Waals surface area contributed by atoms with Crippen LogP contribution in [0.25, 0.3) is 0 Å². The molecule has 2 aliphatic rings. The Morgan fingerprint density at radius 2 is 2.28 bits per heavy atom. The van der Waals surface area contributed by atoms with Crippen molar-refractivity contribution in [1.82, 2.24) is 4.90 Å². The summed E-state index contributed by atoms with van der Waals surface area (Å²) in [6.45, 7) is 5.67. The van der Waals surface area contributed by atoms with Gasteiger partial charge in [-0.05, 0) is 25.7 Å². The lowest BCUT2D eigenvalue weighted by atomic mass is 9.79. The van der Waals surface area contributed by atoms with Gasteiger partial charge in [0.05, 0.1) is 13.1 Å². The summed E-state index contributed by atoms with van der Waals surface area (Å²) in [6.07, 6.45) is 2.10. The molecule has 18 heavy (non-hydrogen) atoms. The van der Waals surface area contributed by atoms with Gasteiger partial charge in [0, 0.05) is 26.9 Å². The number of hydrogen-bond acceptors (Lipinski definition) is 4. The molecule has 2 aliphatic heterocycles. The highest BCUT2D eigenvalue weighted by atomic mass is 16.5. The molecule has 0 aromatic heterocycles. The topological polar surface area (TPSA) is 48.0 Å². The SMILES string of the molecule is CCOCC(=O)N1CC2(C1)OCCC2CCOC. The zero-order chi connectivity index (χ0) is 13.0. The van der Waals surface area contributed by atoms with E-state index in [0.717, 1.165) is 26.1 Å². The normalized spacial score (nSPS) is 25.4. The molecule has 104 valence electrons. The van der Waals surface area contributed by atoms with Crippen LogP contribution in [0.4, 0.5) is 0 Å². The molecular weight excluding hydrogens is 234 g/mol. The molecule has 1 unspecified atom stereocenters. The molecule has 0 aliphatic carbocycles. The van der Waals surface area contributed by atoms with Gasteiger partial charge < -0.3 is 19.1 Å². The first-order chi connectivity index (χ1) is 8.72. The van der Waals surface area contributed by atoms with Gasteiger partial charge in [-0.15, -0.1) is 0 Å². The highest BCUT2D eigenvalue weighted by Gasteiger charge is 2.53. The van der Waals surface area contributed by atoms with E-state index in [-0.39, 0.29) is 18.1 Å². The molecule has 5 heteroatoms. The van der Waals surface area contributed by atoms with E-state index in [4.69, 9.17) is 14.2 Å². The fourth-order valence-electron chi connectivity index (χ4n) is 2.86. The van der Waals surface area contributed by atoms with Crippen molar-refractivity contribution in [1.29, 1.82) is 0 Å². The zero-order valence-electron chi connectivity index (χ0n) is 11.3. The number of carbonyl (C=O) groups excluding carboxylic acids is 1. The summed E-state index contributed by atoms with van der Waals surface area (Å²) in [7, 11) is 1.72. The molecule has 1 atom stereocenters. The van der Waals surface area contributed by atoms with Crippen molar-refractivity contribution in [2.75, 3.05) is 46.6 Å². The van der Waals surface area contributed by atoms with E-state index in [9.17, 15) is 4.79 Å². The van der Waals surface area contributed by atoms with Crippen LogP contribution in [0.3, 0.4) is 0 Å². The number of amides is 1. The fraction of sp³-hybridized carbons (Fsp3) is 0.923. The van der Waals surface area contributed by atoms with Gasteiger partial charge in [-0.1, -0.05) is 0 Å². The molecule has 2 rings (SSSR count). The second-order valence-corrected chi connectivity index (χ2v) is 5.07. The van der Waals surface area contributed by atoms with Crippen molar-refractivity contribution in [3.8, 4) is 0 Å². The van der Waals surface area contributed by atoms with Crippen molar-refractivity contribution in [3.63, 3.8) is 0 Å². The number of nitrogens with zero attached hydrogens (tertiary/aromatic N) is 1. The molecule has 0 aromatic rings. The minimum absolute atomic E-state index is 0.0727. The standard InChI is InChI=1S/C13H23NO4/c1-3-17-8-12(15)14-9-13(10-14)11(4-6-16-2)5-7-18-13/h11H,3-10H2,1-2H3. The predicted molar refractivity (Wildman–Crippen MR) is 66.4 cm³/mol. The van der Waals surface area contributed by atoms with Crippen LogP contribution >= 0.6 is 0 Å². The summed E-state index contributed by atoms with van der Waals surface area (Å²) in [5.41, 5.74) is -0.0968. The fourth-order valence-corrected chi connectivity index (χ4v) is 2.86. The number of likely N-dealkylation sites (tertiary alicyclic amines) is 1. The molecule has 0 N–H and O–H groups in total. The number of hydrogen-bond donors (Lipinski definition) is 0. The van der Waals surface area contributed by atoms with Gasteiger partial charge in [-0.25, -0.2) is 0 Å². The van der Waals surface area contributed by atoms with Gasteiger partial charge in [0.25, 0.3) is 0 Å². The molecule has 5 nitrogen and oxygen atoms in total. The van der Waals surface area contributed by atoms with Crippen LogP contribution in [-0.4, -0.2) is 63.0 Å². The maximum atomic E-state index is 11.8. The first-order valence-corrected chi connectivity index (χ1v) is 6.70. The monoisotopic (exact) mass is 257 g/mol. The Kier molecular flexibility index (Phi) is 4.59. The molecule has 1 amide bonds. The molecule has 1 spiro atoms. The lowest BCUT2D eigenvalue weighted by Gasteiger charge is -2.50. The van der Waals surface area contributed by atoms with Gasteiger partial charge in [-0.3, -0.25) is 4.79 Å². The van der Waals surface area contributed by atoms with Crippen LogP contribution in [0.5, 0.6) is 0 Å². The van der Waals surface area contributed by atoms with Crippen molar-refractivity contribution < 1.29 is 19.0 Å². The Labute approximate surface area is 108 Å². The third kappa shape index (κ3) is 2.68. The van der Waals surface area contributed by atoms with E-state index >= 15 is 0 Å².